The zero-order valence-electron chi connectivity index (χ0n) is 16.7. The van der Waals surface area contributed by atoms with Gasteiger partial charge in [-0.05, 0) is 59.3 Å². The average molecular weight is 409 g/mol. The molecule has 0 radical (unpaired) electrons. The molecule has 0 aliphatic carbocycles. The third kappa shape index (κ3) is 7.04. The Kier molecular flexibility index (Phi) is 8.91. The fraction of sp³-hybridized carbons (Fsp3) is 0. The van der Waals surface area contributed by atoms with Crippen LogP contribution in [-0.4, -0.2) is 4.98 Å². The number of pyridine rings is 1. The van der Waals surface area contributed by atoms with Gasteiger partial charge in [-0.1, -0.05) is 72.8 Å². The van der Waals surface area contributed by atoms with E-state index in [2.05, 4.69) is 82.7 Å². The summed E-state index contributed by atoms with van der Waals surface area (Å²) in [5, 5.41) is 4.08. The fourth-order valence-electron chi connectivity index (χ4n) is 2.72. The Bertz CT molecular complexity index is 882. The molecule has 0 atom stereocenters. The average Bonchev–Trinajstić information content (AvgIpc) is 3.44. The molecule has 30 heavy (non-hydrogen) atoms. The molecule has 0 fully saturated rings. The number of para-hydroxylation sites is 3. The Hall–Kier alpha value is -3.69. The minimum absolute atomic E-state index is 1.17. The van der Waals surface area contributed by atoms with Crippen molar-refractivity contribution in [1.29, 1.82) is 0 Å². The first-order valence-corrected chi connectivity index (χ1v) is 10.7. The highest BCUT2D eigenvalue weighted by atomic mass is 32.1. The second kappa shape index (κ2) is 12.7. The Morgan fingerprint density at radius 2 is 0.800 bits per heavy atom. The van der Waals surface area contributed by atoms with Gasteiger partial charge in [-0.25, -0.2) is 0 Å². The monoisotopic (exact) mass is 408 g/mol. The van der Waals surface area contributed by atoms with Gasteiger partial charge in [0.2, 0.25) is 0 Å². The first kappa shape index (κ1) is 21.0. The molecule has 0 bridgehead atoms. The highest BCUT2D eigenvalue weighted by molar-refractivity contribution is 7.07. The van der Waals surface area contributed by atoms with Crippen LogP contribution in [0.5, 0.6) is 0 Å². The summed E-state index contributed by atoms with van der Waals surface area (Å²) in [5.41, 5.74) is 3.50. The maximum atomic E-state index is 3.78. The molecular formula is C27H24N2S. The quantitative estimate of drug-likeness (QED) is 0.301. The van der Waals surface area contributed by atoms with E-state index in [4.69, 9.17) is 0 Å². The molecule has 148 valence electrons. The van der Waals surface area contributed by atoms with Gasteiger partial charge < -0.3 is 4.90 Å². The predicted molar refractivity (Wildman–Crippen MR) is 130 cm³/mol. The molecule has 5 aromatic rings. The number of aromatic nitrogens is 1. The SMILES string of the molecule is c1ccc(N(c2ccccc2)c2ccccc2)cc1.c1ccncc1.c1ccsc1. The number of nitrogens with zero attached hydrogens (tertiary/aromatic N) is 2. The minimum Gasteiger partial charge on any atom is -0.311 e. The summed E-state index contributed by atoms with van der Waals surface area (Å²) in [6, 6.07) is 41.0. The van der Waals surface area contributed by atoms with Gasteiger partial charge in [-0.2, -0.15) is 11.3 Å². The molecule has 0 aliphatic heterocycles. The zero-order chi connectivity index (χ0) is 20.7. The third-order valence-electron chi connectivity index (χ3n) is 4.04. The van der Waals surface area contributed by atoms with E-state index in [-0.39, 0.29) is 0 Å². The van der Waals surface area contributed by atoms with E-state index in [1.807, 2.05) is 59.3 Å². The van der Waals surface area contributed by atoms with Crippen molar-refractivity contribution in [2.45, 2.75) is 0 Å². The maximum Gasteiger partial charge on any atom is 0.0461 e. The lowest BCUT2D eigenvalue weighted by Gasteiger charge is -2.25. The van der Waals surface area contributed by atoms with E-state index in [0.717, 1.165) is 0 Å². The van der Waals surface area contributed by atoms with Crippen LogP contribution in [0, 0.1) is 0 Å². The summed E-state index contributed by atoms with van der Waals surface area (Å²) >= 11 is 1.71. The normalized spacial score (nSPS) is 9.33. The van der Waals surface area contributed by atoms with Gasteiger partial charge in [0.1, 0.15) is 0 Å². The Morgan fingerprint density at radius 1 is 0.433 bits per heavy atom. The lowest BCUT2D eigenvalue weighted by atomic mass is 10.2. The molecule has 3 heteroatoms. The molecule has 2 heterocycles. The van der Waals surface area contributed by atoms with Crippen LogP contribution >= 0.6 is 11.3 Å². The molecule has 5 rings (SSSR count). The number of anilines is 3. The lowest BCUT2D eigenvalue weighted by Crippen LogP contribution is -2.09. The standard InChI is InChI=1S/C18H15N.C5H5N.C4H4S/c1-4-10-16(11-5-1)19(17-12-6-2-7-13-17)18-14-8-3-9-15-18;1-2-4-6-5-3-1;1-2-4-5-3-1/h1-15H;1-5H;1-4H. The number of thiophene rings is 1. The topological polar surface area (TPSA) is 16.1 Å². The molecular weight excluding hydrogens is 384 g/mol. The van der Waals surface area contributed by atoms with Crippen LogP contribution in [0.3, 0.4) is 0 Å². The number of hydrogen-bond acceptors (Lipinski definition) is 3. The van der Waals surface area contributed by atoms with Crippen LogP contribution in [0.15, 0.2) is 144 Å². The Morgan fingerprint density at radius 3 is 1.03 bits per heavy atom. The van der Waals surface area contributed by atoms with Crippen LogP contribution in [0.4, 0.5) is 17.1 Å². The molecule has 2 nitrogen and oxygen atoms in total. The molecule has 0 spiro atoms. The molecule has 0 amide bonds. The van der Waals surface area contributed by atoms with Crippen molar-refractivity contribution in [1.82, 2.24) is 4.98 Å². The second-order valence-corrected chi connectivity index (χ2v) is 6.98. The molecule has 2 aromatic heterocycles. The molecule has 0 N–H and O–H groups in total. The van der Waals surface area contributed by atoms with Crippen LogP contribution < -0.4 is 4.90 Å². The van der Waals surface area contributed by atoms with E-state index in [9.17, 15) is 0 Å². The highest BCUT2D eigenvalue weighted by Crippen LogP contribution is 2.33. The van der Waals surface area contributed by atoms with Gasteiger partial charge in [0.05, 0.1) is 0 Å². The van der Waals surface area contributed by atoms with Gasteiger partial charge in [0, 0.05) is 29.5 Å². The van der Waals surface area contributed by atoms with Crippen molar-refractivity contribution < 1.29 is 0 Å². The Balaban J connectivity index is 0.000000189. The van der Waals surface area contributed by atoms with Gasteiger partial charge in [-0.15, -0.1) is 0 Å². The number of rotatable bonds is 3. The van der Waals surface area contributed by atoms with Crippen LogP contribution in [0.25, 0.3) is 0 Å². The molecule has 0 saturated carbocycles. The lowest BCUT2D eigenvalue weighted by molar-refractivity contribution is 1.28. The largest absolute Gasteiger partial charge is 0.311 e. The molecule has 0 saturated heterocycles. The maximum absolute atomic E-state index is 3.78. The summed E-state index contributed by atoms with van der Waals surface area (Å²) in [5.74, 6) is 0. The summed E-state index contributed by atoms with van der Waals surface area (Å²) in [7, 11) is 0. The molecule has 0 aliphatic rings. The second-order valence-electron chi connectivity index (χ2n) is 6.16. The van der Waals surface area contributed by atoms with Gasteiger partial charge in [0.25, 0.3) is 0 Å². The van der Waals surface area contributed by atoms with Gasteiger partial charge >= 0.3 is 0 Å². The van der Waals surface area contributed by atoms with E-state index < -0.39 is 0 Å². The van der Waals surface area contributed by atoms with Crippen LogP contribution in [-0.2, 0) is 0 Å². The van der Waals surface area contributed by atoms with E-state index in [0.29, 0.717) is 0 Å². The number of hydrogen-bond donors (Lipinski definition) is 0. The van der Waals surface area contributed by atoms with Crippen molar-refractivity contribution in [3.63, 3.8) is 0 Å². The fourth-order valence-corrected chi connectivity index (χ4v) is 3.17. The van der Waals surface area contributed by atoms with Crippen LogP contribution in [0.2, 0.25) is 0 Å². The van der Waals surface area contributed by atoms with E-state index in [1.54, 1.807) is 23.7 Å². The first-order valence-electron chi connectivity index (χ1n) is 9.72. The summed E-state index contributed by atoms with van der Waals surface area (Å²) in [6.07, 6.45) is 3.50. The summed E-state index contributed by atoms with van der Waals surface area (Å²) < 4.78 is 0. The van der Waals surface area contributed by atoms with Crippen molar-refractivity contribution in [3.05, 3.63) is 144 Å². The molecule has 3 aromatic carbocycles. The number of benzene rings is 3. The van der Waals surface area contributed by atoms with Crippen molar-refractivity contribution in [2.75, 3.05) is 4.90 Å². The minimum atomic E-state index is 1.17. The van der Waals surface area contributed by atoms with Crippen molar-refractivity contribution >= 4 is 28.4 Å². The molecule has 0 unspecified atom stereocenters. The first-order chi connectivity index (χ1) is 14.9. The van der Waals surface area contributed by atoms with Gasteiger partial charge in [-0.3, -0.25) is 4.98 Å². The summed E-state index contributed by atoms with van der Waals surface area (Å²) in [4.78, 5) is 6.03. The van der Waals surface area contributed by atoms with E-state index in [1.165, 1.54) is 17.1 Å². The predicted octanol–water partition coefficient (Wildman–Crippen LogP) is 7.99. The third-order valence-corrected chi connectivity index (χ3v) is 4.66. The summed E-state index contributed by atoms with van der Waals surface area (Å²) in [6.45, 7) is 0. The van der Waals surface area contributed by atoms with E-state index >= 15 is 0 Å². The van der Waals surface area contributed by atoms with Crippen LogP contribution in [0.1, 0.15) is 0 Å². The zero-order valence-corrected chi connectivity index (χ0v) is 17.5. The smallest absolute Gasteiger partial charge is 0.0461 e. The van der Waals surface area contributed by atoms with Crippen molar-refractivity contribution in [2.24, 2.45) is 0 Å². The van der Waals surface area contributed by atoms with Crippen molar-refractivity contribution in [3.8, 4) is 0 Å². The highest BCUT2D eigenvalue weighted by Gasteiger charge is 2.10. The van der Waals surface area contributed by atoms with Gasteiger partial charge in [0.15, 0.2) is 0 Å². The Labute approximate surface area is 182 Å².